The van der Waals surface area contributed by atoms with E-state index in [1.807, 2.05) is 0 Å². The molecule has 2 spiro atoms. The maximum absolute atomic E-state index is 10.6. The zero-order chi connectivity index (χ0) is 18.6. The summed E-state index contributed by atoms with van der Waals surface area (Å²) < 4.78 is 12.7. The Bertz CT molecular complexity index is 957. The quantitative estimate of drug-likeness (QED) is 0.484. The van der Waals surface area contributed by atoms with Crippen LogP contribution in [0.3, 0.4) is 0 Å². The molecule has 6 heteroatoms. The maximum atomic E-state index is 10.6. The number of isothiocyanates is 1. The van der Waals surface area contributed by atoms with E-state index < -0.39 is 5.60 Å². The van der Waals surface area contributed by atoms with Gasteiger partial charge in [-0.3, -0.25) is 0 Å². The number of hydrogen-bond acceptors (Lipinski definition) is 6. The van der Waals surface area contributed by atoms with Crippen molar-refractivity contribution in [1.82, 2.24) is 4.90 Å². The van der Waals surface area contributed by atoms with Crippen molar-refractivity contribution >= 4 is 17.4 Å². The summed E-state index contributed by atoms with van der Waals surface area (Å²) in [4.78, 5) is 7.03. The molecule has 4 bridgehead atoms. The number of rotatable bonds is 2. The van der Waals surface area contributed by atoms with Crippen molar-refractivity contribution in [2.45, 2.75) is 48.5 Å². The molecule has 1 aromatic carbocycles. The van der Waals surface area contributed by atoms with Gasteiger partial charge < -0.3 is 19.5 Å². The summed E-state index contributed by atoms with van der Waals surface area (Å²) in [7, 11) is 3.95. The van der Waals surface area contributed by atoms with E-state index in [1.54, 1.807) is 13.2 Å². The lowest BCUT2D eigenvalue weighted by Gasteiger charge is -2.70. The minimum absolute atomic E-state index is 0.0999. The number of ether oxygens (including phenoxy) is 2. The molecule has 1 unspecified atom stereocenters. The van der Waals surface area contributed by atoms with Gasteiger partial charge in [0, 0.05) is 24.1 Å². The second-order valence-electron chi connectivity index (χ2n) is 8.74. The highest BCUT2D eigenvalue weighted by molar-refractivity contribution is 7.78. The molecule has 1 saturated heterocycles. The van der Waals surface area contributed by atoms with Gasteiger partial charge in [0.05, 0.1) is 16.6 Å². The van der Waals surface area contributed by atoms with E-state index in [1.165, 1.54) is 11.1 Å². The number of fused-ring (bicyclic) bond motifs is 1. The minimum Gasteiger partial charge on any atom is -0.504 e. The predicted molar refractivity (Wildman–Crippen MR) is 104 cm³/mol. The molecule has 6 atom stereocenters. The van der Waals surface area contributed by atoms with Crippen LogP contribution in [0.25, 0.3) is 0 Å². The number of likely N-dealkylation sites (N-methyl/N-ethyl adjacent to an activating group) is 1. The van der Waals surface area contributed by atoms with E-state index in [4.69, 9.17) is 21.7 Å². The van der Waals surface area contributed by atoms with Crippen LogP contribution >= 0.6 is 12.2 Å². The number of phenols is 1. The molecule has 0 radical (unpaired) electrons. The first-order valence-corrected chi connectivity index (χ1v) is 9.99. The van der Waals surface area contributed by atoms with Crippen LogP contribution in [-0.4, -0.2) is 59.7 Å². The molecule has 4 aliphatic carbocycles. The SMILES string of the molecule is CO[C@]12C=C[C@@]3(C[C@@H]1N=C=S)[C@H]1Cc4ccc(O)c5c4C3(CCN1C)[C@H]2O5. The first-order chi connectivity index (χ1) is 13.0. The molecule has 7 rings (SSSR count). The summed E-state index contributed by atoms with van der Waals surface area (Å²) >= 11 is 4.98. The maximum Gasteiger partial charge on any atom is 0.165 e. The normalized spacial score (nSPS) is 45.2. The third-order valence-corrected chi connectivity index (χ3v) is 8.35. The van der Waals surface area contributed by atoms with Crippen molar-refractivity contribution in [1.29, 1.82) is 0 Å². The fourth-order valence-electron chi connectivity index (χ4n) is 7.23. The van der Waals surface area contributed by atoms with Crippen LogP contribution < -0.4 is 4.74 Å². The highest BCUT2D eigenvalue weighted by Crippen LogP contribution is 2.73. The van der Waals surface area contributed by atoms with Crippen molar-refractivity contribution in [3.63, 3.8) is 0 Å². The Morgan fingerprint density at radius 1 is 1.41 bits per heavy atom. The molecular formula is C21H22N2O3S. The Hall–Kier alpha value is -1.72. The Morgan fingerprint density at radius 2 is 2.26 bits per heavy atom. The minimum atomic E-state index is -0.686. The molecule has 1 saturated carbocycles. The van der Waals surface area contributed by atoms with Gasteiger partial charge >= 0.3 is 0 Å². The zero-order valence-electron chi connectivity index (χ0n) is 15.4. The van der Waals surface area contributed by atoms with Gasteiger partial charge in [-0.15, -0.1) is 0 Å². The Labute approximate surface area is 163 Å². The number of likely N-dealkylation sites (tertiary alicyclic amines) is 1. The molecule has 140 valence electrons. The molecule has 2 aliphatic heterocycles. The van der Waals surface area contributed by atoms with Gasteiger partial charge in [-0.1, -0.05) is 18.2 Å². The molecule has 5 nitrogen and oxygen atoms in total. The predicted octanol–water partition coefficient (Wildman–Crippen LogP) is 2.47. The topological polar surface area (TPSA) is 54.3 Å². The largest absolute Gasteiger partial charge is 0.504 e. The van der Waals surface area contributed by atoms with Crippen LogP contribution in [0, 0.1) is 5.41 Å². The Balaban J connectivity index is 1.73. The van der Waals surface area contributed by atoms with Crippen molar-refractivity contribution in [2.24, 2.45) is 10.4 Å². The van der Waals surface area contributed by atoms with E-state index in [-0.39, 0.29) is 28.7 Å². The van der Waals surface area contributed by atoms with Crippen LogP contribution in [0.1, 0.15) is 24.0 Å². The number of aliphatic imine (C=N–C) groups is 1. The van der Waals surface area contributed by atoms with Gasteiger partial charge in [-0.25, -0.2) is 4.99 Å². The van der Waals surface area contributed by atoms with Gasteiger partial charge in [0.1, 0.15) is 11.7 Å². The molecule has 27 heavy (non-hydrogen) atoms. The lowest BCUT2D eigenvalue weighted by atomic mass is 9.38. The number of phenolic OH excluding ortho intramolecular Hbond substituents is 1. The van der Waals surface area contributed by atoms with Crippen LogP contribution in [0.15, 0.2) is 29.3 Å². The van der Waals surface area contributed by atoms with Crippen LogP contribution in [0.4, 0.5) is 0 Å². The number of hydrogen-bond donors (Lipinski definition) is 1. The number of methoxy groups -OCH3 is 1. The van der Waals surface area contributed by atoms with Gasteiger partial charge in [0.15, 0.2) is 11.5 Å². The first-order valence-electron chi connectivity index (χ1n) is 9.59. The van der Waals surface area contributed by atoms with Crippen molar-refractivity contribution in [3.05, 3.63) is 35.4 Å². The van der Waals surface area contributed by atoms with Crippen LogP contribution in [0.2, 0.25) is 0 Å². The smallest absolute Gasteiger partial charge is 0.165 e. The van der Waals surface area contributed by atoms with Crippen LogP contribution in [0.5, 0.6) is 11.5 Å². The zero-order valence-corrected chi connectivity index (χ0v) is 16.3. The number of aromatic hydroxyl groups is 1. The van der Waals surface area contributed by atoms with E-state index in [2.05, 4.69) is 40.3 Å². The third kappa shape index (κ3) is 1.48. The van der Waals surface area contributed by atoms with E-state index in [9.17, 15) is 5.11 Å². The second kappa shape index (κ2) is 4.81. The Morgan fingerprint density at radius 3 is 3.04 bits per heavy atom. The first kappa shape index (κ1) is 16.3. The lowest BCUT2D eigenvalue weighted by Crippen LogP contribution is -2.79. The summed E-state index contributed by atoms with van der Waals surface area (Å²) in [5.41, 5.74) is 1.54. The second-order valence-corrected chi connectivity index (χ2v) is 8.92. The molecule has 2 heterocycles. The summed E-state index contributed by atoms with van der Waals surface area (Å²) in [5.74, 6) is 0.882. The van der Waals surface area contributed by atoms with Crippen molar-refractivity contribution in [3.8, 4) is 11.5 Å². The number of benzene rings is 1. The number of piperidine rings is 1. The standard InChI is InChI=1S/C21H22N2O3S/c1-23-8-7-20-16-12-3-4-13(24)17(16)26-18(20)21(25-2)6-5-19(20,15(23)9-12)10-14(21)22-11-27/h3-6,14-15,18,24H,7-10H2,1-2H3/t14-,15+,18+,19+,20?,21+/m0/s1. The Kier molecular flexibility index (Phi) is 2.90. The molecule has 0 amide bonds. The van der Waals surface area contributed by atoms with Crippen LogP contribution in [-0.2, 0) is 16.6 Å². The van der Waals surface area contributed by atoms with E-state index in [0.717, 1.165) is 25.8 Å². The molecular weight excluding hydrogens is 360 g/mol. The third-order valence-electron chi connectivity index (χ3n) is 8.25. The average molecular weight is 382 g/mol. The molecule has 0 aromatic heterocycles. The highest BCUT2D eigenvalue weighted by atomic mass is 32.1. The molecule has 2 fully saturated rings. The van der Waals surface area contributed by atoms with Gasteiger partial charge in [0.2, 0.25) is 0 Å². The lowest BCUT2D eigenvalue weighted by molar-refractivity contribution is -0.194. The summed E-state index contributed by atoms with van der Waals surface area (Å²) in [6.07, 6.45) is 7.13. The monoisotopic (exact) mass is 382 g/mol. The van der Waals surface area contributed by atoms with Crippen molar-refractivity contribution in [2.75, 3.05) is 20.7 Å². The highest BCUT2D eigenvalue weighted by Gasteiger charge is 2.79. The number of thiocarbonyl (C=S) groups is 1. The summed E-state index contributed by atoms with van der Waals surface area (Å²) in [6.45, 7) is 1.01. The van der Waals surface area contributed by atoms with Gasteiger partial charge in [0.25, 0.3) is 0 Å². The summed E-state index contributed by atoms with van der Waals surface area (Å²) in [6, 6.07) is 4.10. The van der Waals surface area contributed by atoms with Crippen molar-refractivity contribution < 1.29 is 14.6 Å². The fourth-order valence-corrected chi connectivity index (χ4v) is 7.35. The fraction of sp³-hybridized carbons (Fsp3) is 0.571. The van der Waals surface area contributed by atoms with E-state index >= 15 is 0 Å². The average Bonchev–Trinajstić information content (AvgIpc) is 3.04. The van der Waals surface area contributed by atoms with E-state index in [0.29, 0.717) is 11.8 Å². The molecule has 1 N–H and O–H groups in total. The van der Waals surface area contributed by atoms with Gasteiger partial charge in [-0.05, 0) is 56.7 Å². The van der Waals surface area contributed by atoms with Gasteiger partial charge in [-0.2, -0.15) is 0 Å². The molecule has 6 aliphatic rings. The number of nitrogens with zero attached hydrogens (tertiary/aromatic N) is 2. The summed E-state index contributed by atoms with van der Waals surface area (Å²) in [5, 5.41) is 13.2. The molecule has 1 aromatic rings.